The van der Waals surface area contributed by atoms with E-state index in [4.69, 9.17) is 39.8 Å². The lowest BCUT2D eigenvalue weighted by Crippen LogP contribution is -2.33. The highest BCUT2D eigenvalue weighted by atomic mass is 35.5. The van der Waals surface area contributed by atoms with Gasteiger partial charge in [-0.3, -0.25) is 20.2 Å². The zero-order valence-corrected chi connectivity index (χ0v) is 16.3. The van der Waals surface area contributed by atoms with Gasteiger partial charge in [0.05, 0.1) is 15.6 Å². The van der Waals surface area contributed by atoms with E-state index in [1.54, 1.807) is 24.3 Å². The molecule has 0 radical (unpaired) electrons. The Bertz CT molecular complexity index is 1080. The number of hydrogen-bond donors (Lipinski definition) is 2. The number of nitro benzene ring substituents is 1. The maximum atomic E-state index is 12.3. The van der Waals surface area contributed by atoms with Crippen LogP contribution in [0, 0.1) is 10.1 Å². The third kappa shape index (κ3) is 4.66. The van der Waals surface area contributed by atoms with E-state index >= 15 is 0 Å². The molecule has 0 spiro atoms. The number of benzene rings is 2. The lowest BCUT2D eigenvalue weighted by Gasteiger charge is -2.10. The average molecular weight is 436 g/mol. The number of carbonyl (C=O) groups excluding carboxylic acids is 1. The van der Waals surface area contributed by atoms with Crippen molar-refractivity contribution in [3.8, 4) is 11.3 Å². The molecule has 0 aliphatic rings. The largest absolute Gasteiger partial charge is 0.451 e. The average Bonchev–Trinajstić information content (AvgIpc) is 3.15. The van der Waals surface area contributed by atoms with Gasteiger partial charge in [0.1, 0.15) is 5.76 Å². The SMILES string of the molecule is O=C(NC(=S)Nc1cc(Cl)ccc1Cl)c1ccc(-c2cccc([N+](=O)[O-])c2)o1. The number of non-ortho nitro benzene ring substituents is 1. The summed E-state index contributed by atoms with van der Waals surface area (Å²) in [5, 5.41) is 17.0. The van der Waals surface area contributed by atoms with Crippen molar-refractivity contribution in [1.29, 1.82) is 0 Å². The van der Waals surface area contributed by atoms with Gasteiger partial charge in [0.15, 0.2) is 10.9 Å². The van der Waals surface area contributed by atoms with Crippen molar-refractivity contribution in [3.63, 3.8) is 0 Å². The summed E-state index contributed by atoms with van der Waals surface area (Å²) in [4.78, 5) is 22.7. The summed E-state index contributed by atoms with van der Waals surface area (Å²) >= 11 is 17.0. The second kappa shape index (κ2) is 8.39. The number of furan rings is 1. The molecule has 0 aliphatic carbocycles. The fourth-order valence-electron chi connectivity index (χ4n) is 2.30. The van der Waals surface area contributed by atoms with Crippen LogP contribution in [-0.4, -0.2) is 15.9 Å². The minimum Gasteiger partial charge on any atom is -0.451 e. The van der Waals surface area contributed by atoms with E-state index in [0.29, 0.717) is 27.1 Å². The van der Waals surface area contributed by atoms with Crippen LogP contribution in [0.2, 0.25) is 10.0 Å². The smallest absolute Gasteiger partial charge is 0.293 e. The Labute approximate surface area is 174 Å². The quantitative estimate of drug-likeness (QED) is 0.328. The second-order valence-corrected chi connectivity index (χ2v) is 6.76. The van der Waals surface area contributed by atoms with Crippen LogP contribution in [0.25, 0.3) is 11.3 Å². The Balaban J connectivity index is 1.70. The van der Waals surface area contributed by atoms with Gasteiger partial charge in [0.25, 0.3) is 11.6 Å². The molecule has 1 aromatic heterocycles. The van der Waals surface area contributed by atoms with E-state index < -0.39 is 10.8 Å². The fourth-order valence-corrected chi connectivity index (χ4v) is 2.84. The van der Waals surface area contributed by atoms with Crippen molar-refractivity contribution < 1.29 is 14.1 Å². The summed E-state index contributed by atoms with van der Waals surface area (Å²) in [7, 11) is 0. The van der Waals surface area contributed by atoms with E-state index in [2.05, 4.69) is 10.6 Å². The summed E-state index contributed by atoms with van der Waals surface area (Å²) in [6.07, 6.45) is 0. The fraction of sp³-hybridized carbons (Fsp3) is 0. The van der Waals surface area contributed by atoms with Crippen LogP contribution in [0.1, 0.15) is 10.6 Å². The van der Waals surface area contributed by atoms with Crippen molar-refractivity contribution in [2.24, 2.45) is 0 Å². The molecule has 0 atom stereocenters. The van der Waals surface area contributed by atoms with Gasteiger partial charge in [-0.2, -0.15) is 0 Å². The predicted molar refractivity (Wildman–Crippen MR) is 111 cm³/mol. The molecule has 3 rings (SSSR count). The lowest BCUT2D eigenvalue weighted by molar-refractivity contribution is -0.384. The molecular formula is C18H11Cl2N3O4S. The molecule has 7 nitrogen and oxygen atoms in total. The van der Waals surface area contributed by atoms with Crippen molar-refractivity contribution in [3.05, 3.63) is 80.5 Å². The Morgan fingerprint density at radius 2 is 1.89 bits per heavy atom. The zero-order chi connectivity index (χ0) is 20.3. The van der Waals surface area contributed by atoms with Crippen LogP contribution in [0.15, 0.2) is 59.0 Å². The van der Waals surface area contributed by atoms with Crippen molar-refractivity contribution in [1.82, 2.24) is 5.32 Å². The van der Waals surface area contributed by atoms with E-state index in [0.717, 1.165) is 0 Å². The molecule has 2 N–H and O–H groups in total. The molecule has 3 aromatic rings. The zero-order valence-electron chi connectivity index (χ0n) is 13.9. The first kappa shape index (κ1) is 19.8. The molecule has 0 aliphatic heterocycles. The van der Waals surface area contributed by atoms with Crippen molar-refractivity contribution in [2.75, 3.05) is 5.32 Å². The van der Waals surface area contributed by atoms with Crippen LogP contribution in [0.4, 0.5) is 11.4 Å². The van der Waals surface area contributed by atoms with E-state index in [1.807, 2.05) is 0 Å². The molecule has 142 valence electrons. The molecule has 0 fully saturated rings. The summed E-state index contributed by atoms with van der Waals surface area (Å²) in [6.45, 7) is 0. The van der Waals surface area contributed by atoms with E-state index in [-0.39, 0.29) is 16.6 Å². The minimum absolute atomic E-state index is 0.00228. The molecule has 0 saturated heterocycles. The molecule has 1 amide bonds. The number of halogens is 2. The topological polar surface area (TPSA) is 97.4 Å². The molecule has 0 unspecified atom stereocenters. The van der Waals surface area contributed by atoms with Crippen LogP contribution >= 0.6 is 35.4 Å². The van der Waals surface area contributed by atoms with Gasteiger partial charge in [0, 0.05) is 22.7 Å². The highest BCUT2D eigenvalue weighted by molar-refractivity contribution is 7.80. The Morgan fingerprint density at radius 3 is 2.64 bits per heavy atom. The Morgan fingerprint density at radius 1 is 1.11 bits per heavy atom. The summed E-state index contributed by atoms with van der Waals surface area (Å²) < 4.78 is 5.49. The second-order valence-electron chi connectivity index (χ2n) is 5.50. The normalized spacial score (nSPS) is 10.4. The van der Waals surface area contributed by atoms with Crippen LogP contribution in [0.5, 0.6) is 0 Å². The maximum absolute atomic E-state index is 12.3. The highest BCUT2D eigenvalue weighted by Gasteiger charge is 2.16. The third-order valence-electron chi connectivity index (χ3n) is 3.57. The van der Waals surface area contributed by atoms with Crippen LogP contribution in [-0.2, 0) is 0 Å². The number of carbonyl (C=O) groups is 1. The number of anilines is 1. The number of thiocarbonyl (C=S) groups is 1. The maximum Gasteiger partial charge on any atom is 0.293 e. The molecule has 0 bridgehead atoms. The monoisotopic (exact) mass is 435 g/mol. The number of hydrogen-bond acceptors (Lipinski definition) is 5. The number of rotatable bonds is 4. The van der Waals surface area contributed by atoms with Crippen molar-refractivity contribution in [2.45, 2.75) is 0 Å². The minimum atomic E-state index is -0.590. The first-order valence-electron chi connectivity index (χ1n) is 7.75. The van der Waals surface area contributed by atoms with E-state index in [9.17, 15) is 14.9 Å². The molecule has 2 aromatic carbocycles. The molecular weight excluding hydrogens is 425 g/mol. The predicted octanol–water partition coefficient (Wildman–Crippen LogP) is 5.29. The van der Waals surface area contributed by atoms with Crippen LogP contribution in [0.3, 0.4) is 0 Å². The first-order valence-corrected chi connectivity index (χ1v) is 8.92. The standard InChI is InChI=1S/C18H11Cl2N3O4S/c19-11-4-5-13(20)14(9-11)21-18(28)22-17(24)16-7-6-15(27-16)10-2-1-3-12(8-10)23(25)26/h1-9H,(H2,21,22,24,28). The van der Waals surface area contributed by atoms with Gasteiger partial charge >= 0.3 is 0 Å². The molecule has 0 saturated carbocycles. The molecule has 10 heteroatoms. The van der Waals surface area contributed by atoms with Gasteiger partial charge in [-0.15, -0.1) is 0 Å². The van der Waals surface area contributed by atoms with Gasteiger partial charge in [-0.25, -0.2) is 0 Å². The Hall–Kier alpha value is -2.94. The summed E-state index contributed by atoms with van der Waals surface area (Å²) in [5.41, 5.74) is 0.833. The lowest BCUT2D eigenvalue weighted by atomic mass is 10.1. The van der Waals surface area contributed by atoms with Gasteiger partial charge in [-0.1, -0.05) is 35.3 Å². The van der Waals surface area contributed by atoms with Gasteiger partial charge in [0.2, 0.25) is 0 Å². The number of nitrogens with one attached hydrogen (secondary N) is 2. The molecule has 1 heterocycles. The van der Waals surface area contributed by atoms with Gasteiger partial charge < -0.3 is 9.73 Å². The first-order chi connectivity index (χ1) is 13.3. The number of nitro groups is 1. The van der Waals surface area contributed by atoms with Crippen LogP contribution < -0.4 is 10.6 Å². The summed E-state index contributed by atoms with van der Waals surface area (Å²) in [5.74, 6) is -0.291. The highest BCUT2D eigenvalue weighted by Crippen LogP contribution is 2.27. The third-order valence-corrected chi connectivity index (χ3v) is 4.34. The number of amides is 1. The summed E-state index contributed by atoms with van der Waals surface area (Å²) in [6, 6.07) is 13.7. The molecule has 28 heavy (non-hydrogen) atoms. The number of nitrogens with zero attached hydrogens (tertiary/aromatic N) is 1. The Kier molecular flexibility index (Phi) is 5.93. The van der Waals surface area contributed by atoms with E-state index in [1.165, 1.54) is 30.3 Å². The van der Waals surface area contributed by atoms with Gasteiger partial charge in [-0.05, 0) is 42.5 Å². The van der Waals surface area contributed by atoms with Crippen molar-refractivity contribution >= 4 is 57.8 Å².